The molecule has 0 aromatic heterocycles. The number of allylic oxidation sites excluding steroid dienone is 8. The third kappa shape index (κ3) is 46.2. The fraction of sp³-hybridized carbons (Fsp3) is 0.825. The zero-order chi connectivity index (χ0) is 45.9. The van der Waals surface area contributed by atoms with Crippen molar-refractivity contribution in [2.45, 2.75) is 296 Å². The predicted molar refractivity (Wildman–Crippen MR) is 273 cm³/mol. The summed E-state index contributed by atoms with van der Waals surface area (Å²) in [5, 5.41) is 23.8. The number of hydrogen-bond donors (Lipinski definition) is 3. The summed E-state index contributed by atoms with van der Waals surface area (Å²) in [5.41, 5.74) is 0. The van der Waals surface area contributed by atoms with E-state index < -0.39 is 18.2 Å². The Morgan fingerprint density at radius 2 is 0.825 bits per heavy atom. The fourth-order valence-corrected chi connectivity index (χ4v) is 8.24. The van der Waals surface area contributed by atoms with Crippen molar-refractivity contribution in [3.63, 3.8) is 0 Å². The molecule has 368 valence electrons. The van der Waals surface area contributed by atoms with Crippen molar-refractivity contribution in [2.24, 2.45) is 0 Å². The van der Waals surface area contributed by atoms with Crippen LogP contribution < -0.4 is 5.32 Å². The maximum Gasteiger partial charge on any atom is 0.306 e. The van der Waals surface area contributed by atoms with Gasteiger partial charge in [0.2, 0.25) is 5.91 Å². The van der Waals surface area contributed by atoms with Gasteiger partial charge in [0, 0.05) is 6.42 Å². The number of ether oxygens (including phenoxy) is 1. The lowest BCUT2D eigenvalue weighted by molar-refractivity contribution is -0.151. The van der Waals surface area contributed by atoms with Crippen molar-refractivity contribution in [3.8, 4) is 0 Å². The molecule has 3 N–H and O–H groups in total. The highest BCUT2D eigenvalue weighted by atomic mass is 16.5. The minimum absolute atomic E-state index is 0.0426. The molecule has 0 aromatic rings. The van der Waals surface area contributed by atoms with Crippen LogP contribution in [0.5, 0.6) is 0 Å². The number of unbranched alkanes of at least 4 members (excludes halogenated alkanes) is 29. The van der Waals surface area contributed by atoms with E-state index in [0.717, 1.165) is 70.6 Å². The largest absolute Gasteiger partial charge is 0.462 e. The first-order chi connectivity index (χ1) is 31.0. The molecule has 0 heterocycles. The molecular weight excluding hydrogens is 779 g/mol. The first-order valence-corrected chi connectivity index (χ1v) is 27.4. The number of rotatable bonds is 49. The highest BCUT2D eigenvalue weighted by Gasteiger charge is 2.24. The van der Waals surface area contributed by atoms with Gasteiger partial charge in [-0.1, -0.05) is 249 Å². The molecule has 0 aromatic carbocycles. The molecule has 6 heteroatoms. The van der Waals surface area contributed by atoms with E-state index in [9.17, 15) is 19.8 Å². The first-order valence-electron chi connectivity index (χ1n) is 27.4. The van der Waals surface area contributed by atoms with Crippen LogP contribution in [0.25, 0.3) is 0 Å². The Kier molecular flexibility index (Phi) is 49.1. The van der Waals surface area contributed by atoms with E-state index in [2.05, 4.69) is 74.7 Å². The molecule has 0 bridgehead atoms. The Balaban J connectivity index is 4.64. The van der Waals surface area contributed by atoms with Gasteiger partial charge in [-0.3, -0.25) is 9.59 Å². The molecule has 3 unspecified atom stereocenters. The van der Waals surface area contributed by atoms with Crippen LogP contribution in [0.4, 0.5) is 0 Å². The number of aliphatic hydroxyl groups excluding tert-OH is 2. The van der Waals surface area contributed by atoms with Crippen LogP contribution in [0.15, 0.2) is 48.6 Å². The molecule has 0 aliphatic rings. The second-order valence-corrected chi connectivity index (χ2v) is 18.6. The van der Waals surface area contributed by atoms with E-state index >= 15 is 0 Å². The van der Waals surface area contributed by atoms with E-state index in [1.165, 1.54) is 161 Å². The monoisotopic (exact) mass is 884 g/mol. The SMILES string of the molecule is CCCCC/C=C\C/C=C\C/C=C\C/C=C\CCCC(CC(=O)NC(CO)C(O)CCCCCCCCCCCCCCCCC)OC(=O)CCCCCCCCCCCCCC. The van der Waals surface area contributed by atoms with Crippen LogP contribution in [0.3, 0.4) is 0 Å². The molecule has 63 heavy (non-hydrogen) atoms. The zero-order valence-electron chi connectivity index (χ0n) is 42.0. The third-order valence-corrected chi connectivity index (χ3v) is 12.4. The van der Waals surface area contributed by atoms with Crippen molar-refractivity contribution in [3.05, 3.63) is 48.6 Å². The maximum atomic E-state index is 13.2. The second-order valence-electron chi connectivity index (χ2n) is 18.6. The quantitative estimate of drug-likeness (QED) is 0.0321. The molecule has 0 aliphatic carbocycles. The second kappa shape index (κ2) is 50.8. The summed E-state index contributed by atoms with van der Waals surface area (Å²) in [5.74, 6) is -0.519. The average Bonchev–Trinajstić information content (AvgIpc) is 3.28. The highest BCUT2D eigenvalue weighted by Crippen LogP contribution is 2.18. The molecule has 6 nitrogen and oxygen atoms in total. The summed E-state index contributed by atoms with van der Waals surface area (Å²) in [6.45, 7) is 6.45. The lowest BCUT2D eigenvalue weighted by Gasteiger charge is -2.24. The molecule has 0 fully saturated rings. The van der Waals surface area contributed by atoms with Crippen LogP contribution in [-0.2, 0) is 14.3 Å². The Morgan fingerprint density at radius 3 is 1.25 bits per heavy atom. The first kappa shape index (κ1) is 60.8. The molecular formula is C57H105NO5. The molecule has 0 aliphatic heterocycles. The van der Waals surface area contributed by atoms with Gasteiger partial charge in [-0.25, -0.2) is 0 Å². The Labute approximate surface area is 391 Å². The van der Waals surface area contributed by atoms with Gasteiger partial charge < -0.3 is 20.3 Å². The zero-order valence-corrected chi connectivity index (χ0v) is 42.0. The summed E-state index contributed by atoms with van der Waals surface area (Å²) in [6, 6.07) is -0.717. The molecule has 0 spiro atoms. The highest BCUT2D eigenvalue weighted by molar-refractivity contribution is 5.77. The van der Waals surface area contributed by atoms with Gasteiger partial charge >= 0.3 is 5.97 Å². The van der Waals surface area contributed by atoms with Gasteiger partial charge in [-0.05, 0) is 64.2 Å². The van der Waals surface area contributed by atoms with Gasteiger partial charge in [0.25, 0.3) is 0 Å². The molecule has 0 saturated carbocycles. The van der Waals surface area contributed by atoms with Gasteiger partial charge in [0.05, 0.1) is 25.2 Å². The van der Waals surface area contributed by atoms with Crippen molar-refractivity contribution < 1.29 is 24.5 Å². The lowest BCUT2D eigenvalue weighted by Crippen LogP contribution is -2.46. The smallest absolute Gasteiger partial charge is 0.306 e. The van der Waals surface area contributed by atoms with E-state index in [1.807, 2.05) is 0 Å². The number of hydrogen-bond acceptors (Lipinski definition) is 5. The third-order valence-electron chi connectivity index (χ3n) is 12.4. The van der Waals surface area contributed by atoms with Crippen LogP contribution in [0.1, 0.15) is 278 Å². The Morgan fingerprint density at radius 1 is 0.460 bits per heavy atom. The van der Waals surface area contributed by atoms with E-state index in [-0.39, 0.29) is 24.9 Å². The molecule has 0 radical (unpaired) electrons. The lowest BCUT2D eigenvalue weighted by atomic mass is 10.0. The number of esters is 1. The fourth-order valence-electron chi connectivity index (χ4n) is 8.24. The van der Waals surface area contributed by atoms with Crippen molar-refractivity contribution in [1.82, 2.24) is 5.32 Å². The molecule has 0 rings (SSSR count). The van der Waals surface area contributed by atoms with E-state index in [4.69, 9.17) is 4.74 Å². The average molecular weight is 884 g/mol. The predicted octanol–water partition coefficient (Wildman–Crippen LogP) is 16.6. The van der Waals surface area contributed by atoms with Gasteiger partial charge in [-0.15, -0.1) is 0 Å². The van der Waals surface area contributed by atoms with E-state index in [0.29, 0.717) is 19.3 Å². The number of carbonyl (C=O) groups is 2. The maximum absolute atomic E-state index is 13.2. The summed E-state index contributed by atoms with van der Waals surface area (Å²) < 4.78 is 5.92. The standard InChI is InChI=1S/C57H105NO5/c1-4-7-10-13-16-19-22-25-27-28-30-31-33-36-39-42-45-48-53(63-57(62)50-47-44-41-38-35-24-21-18-15-12-9-6-3)51-56(61)58-54(52-59)55(60)49-46-43-40-37-34-32-29-26-23-20-17-14-11-8-5-2/h16,19,25,27,30-31,36,39,53-55,59-60H,4-15,17-18,20-24,26,28-29,32-35,37-38,40-52H2,1-3H3,(H,58,61)/b19-16-,27-25-,31-30-,39-36-. The summed E-state index contributed by atoms with van der Waals surface area (Å²) in [4.78, 5) is 26.2. The Bertz CT molecular complexity index is 1080. The molecule has 3 atom stereocenters. The number of aliphatic hydroxyl groups is 2. The number of amides is 1. The van der Waals surface area contributed by atoms with Crippen LogP contribution >= 0.6 is 0 Å². The number of nitrogens with one attached hydrogen (secondary N) is 1. The topological polar surface area (TPSA) is 95.9 Å². The van der Waals surface area contributed by atoms with Crippen LogP contribution in [-0.4, -0.2) is 46.9 Å². The van der Waals surface area contributed by atoms with Crippen molar-refractivity contribution >= 4 is 11.9 Å². The van der Waals surface area contributed by atoms with Crippen LogP contribution in [0.2, 0.25) is 0 Å². The Hall–Kier alpha value is -2.18. The van der Waals surface area contributed by atoms with Gasteiger partial charge in [-0.2, -0.15) is 0 Å². The van der Waals surface area contributed by atoms with E-state index in [1.54, 1.807) is 0 Å². The van der Waals surface area contributed by atoms with Gasteiger partial charge in [0.15, 0.2) is 0 Å². The van der Waals surface area contributed by atoms with Crippen molar-refractivity contribution in [2.75, 3.05) is 6.61 Å². The summed E-state index contributed by atoms with van der Waals surface area (Å²) in [6.07, 6.45) is 61.7. The minimum Gasteiger partial charge on any atom is -0.462 e. The normalized spacial score (nSPS) is 13.5. The van der Waals surface area contributed by atoms with Crippen LogP contribution in [0, 0.1) is 0 Å². The minimum atomic E-state index is -0.801. The summed E-state index contributed by atoms with van der Waals surface area (Å²) >= 11 is 0. The summed E-state index contributed by atoms with van der Waals surface area (Å²) in [7, 11) is 0. The van der Waals surface area contributed by atoms with Gasteiger partial charge in [0.1, 0.15) is 6.10 Å². The molecule has 1 amide bonds. The molecule has 0 saturated heterocycles. The van der Waals surface area contributed by atoms with Crippen molar-refractivity contribution in [1.29, 1.82) is 0 Å². The number of carbonyl (C=O) groups excluding carboxylic acids is 2.